The molecule has 0 aromatic heterocycles. The summed E-state index contributed by atoms with van der Waals surface area (Å²) in [5.41, 5.74) is 0. The molecular weight excluding hydrogens is 212 g/mol. The van der Waals surface area contributed by atoms with Gasteiger partial charge in [-0.2, -0.15) is 0 Å². The van der Waals surface area contributed by atoms with E-state index in [9.17, 15) is 0 Å². The van der Waals surface area contributed by atoms with E-state index in [1.165, 1.54) is 45.9 Å². The predicted molar refractivity (Wildman–Crippen MR) is 69.5 cm³/mol. The molecule has 0 amide bonds. The number of hydrogen-bond acceptors (Lipinski definition) is 4. The largest absolute Gasteiger partial charge is 0.364 e. The van der Waals surface area contributed by atoms with Crippen molar-refractivity contribution < 1.29 is 0 Å². The van der Waals surface area contributed by atoms with Crippen LogP contribution >= 0.6 is 0 Å². The zero-order valence-electron chi connectivity index (χ0n) is 10.9. The normalized spacial score (nSPS) is 42.3. The molecule has 3 heterocycles. The molecule has 3 rings (SSSR count). The van der Waals surface area contributed by atoms with Crippen LogP contribution in [0.25, 0.3) is 0 Å². The van der Waals surface area contributed by atoms with Crippen LogP contribution in [-0.4, -0.2) is 78.8 Å². The maximum Gasteiger partial charge on any atom is 0.0705 e. The Morgan fingerprint density at radius 3 is 2.41 bits per heavy atom. The van der Waals surface area contributed by atoms with E-state index in [0.29, 0.717) is 0 Å². The van der Waals surface area contributed by atoms with Crippen molar-refractivity contribution in [1.82, 2.24) is 19.6 Å². The van der Waals surface area contributed by atoms with Crippen LogP contribution in [0.4, 0.5) is 0 Å². The monoisotopic (exact) mass is 236 g/mol. The van der Waals surface area contributed by atoms with Gasteiger partial charge in [0.25, 0.3) is 0 Å². The highest BCUT2D eigenvalue weighted by molar-refractivity contribution is 4.91. The third-order valence-electron chi connectivity index (χ3n) is 4.04. The van der Waals surface area contributed by atoms with E-state index in [0.717, 1.165) is 19.1 Å². The summed E-state index contributed by atoms with van der Waals surface area (Å²) >= 11 is 0. The Labute approximate surface area is 104 Å². The quantitative estimate of drug-likeness (QED) is 0.600. The molecule has 4 atom stereocenters. The molecule has 4 unspecified atom stereocenters. The van der Waals surface area contributed by atoms with Gasteiger partial charge in [0.15, 0.2) is 0 Å². The summed E-state index contributed by atoms with van der Waals surface area (Å²) in [7, 11) is 0. The lowest BCUT2D eigenvalue weighted by molar-refractivity contribution is 0.0230. The SMILES string of the molecule is CC1CN2CCN3C=CCN(CCN(C1)C2)C3. The zero-order valence-corrected chi connectivity index (χ0v) is 10.9. The molecule has 0 radical (unpaired) electrons. The summed E-state index contributed by atoms with van der Waals surface area (Å²) in [4.78, 5) is 10.3. The molecule has 3 aliphatic heterocycles. The molecule has 0 spiro atoms. The molecule has 3 aliphatic rings. The second-order valence-electron chi connectivity index (χ2n) is 5.82. The molecule has 0 aromatic carbocycles. The lowest BCUT2D eigenvalue weighted by Crippen LogP contribution is -2.54. The highest BCUT2D eigenvalue weighted by Crippen LogP contribution is 2.14. The molecule has 0 aromatic rings. The molecule has 17 heavy (non-hydrogen) atoms. The van der Waals surface area contributed by atoms with Gasteiger partial charge < -0.3 is 4.90 Å². The second kappa shape index (κ2) is 4.96. The van der Waals surface area contributed by atoms with E-state index < -0.39 is 0 Å². The molecule has 4 nitrogen and oxygen atoms in total. The van der Waals surface area contributed by atoms with Gasteiger partial charge in [-0.1, -0.05) is 13.0 Å². The van der Waals surface area contributed by atoms with Gasteiger partial charge in [0.1, 0.15) is 0 Å². The summed E-state index contributed by atoms with van der Waals surface area (Å²) in [5.74, 6) is 0.823. The summed E-state index contributed by atoms with van der Waals surface area (Å²) in [5, 5.41) is 0. The predicted octanol–water partition coefficient (Wildman–Crippen LogP) is 0.300. The molecule has 0 N–H and O–H groups in total. The smallest absolute Gasteiger partial charge is 0.0705 e. The van der Waals surface area contributed by atoms with Gasteiger partial charge in [0.05, 0.1) is 13.3 Å². The van der Waals surface area contributed by atoms with Gasteiger partial charge in [0, 0.05) is 45.8 Å². The van der Waals surface area contributed by atoms with E-state index >= 15 is 0 Å². The average Bonchev–Trinajstić information content (AvgIpc) is 2.33. The van der Waals surface area contributed by atoms with Crippen molar-refractivity contribution in [2.24, 2.45) is 5.92 Å². The van der Waals surface area contributed by atoms with E-state index in [4.69, 9.17) is 0 Å². The zero-order chi connectivity index (χ0) is 11.7. The van der Waals surface area contributed by atoms with Crippen LogP contribution in [-0.2, 0) is 0 Å². The number of hydrogen-bond donors (Lipinski definition) is 0. The highest BCUT2D eigenvalue weighted by Gasteiger charge is 2.25. The summed E-state index contributed by atoms with van der Waals surface area (Å²) in [6.45, 7) is 13.2. The Morgan fingerprint density at radius 1 is 0.882 bits per heavy atom. The fourth-order valence-corrected chi connectivity index (χ4v) is 3.23. The van der Waals surface area contributed by atoms with Gasteiger partial charge in [-0.3, -0.25) is 14.7 Å². The number of nitrogens with zero attached hydrogens (tertiary/aromatic N) is 4. The number of rotatable bonds is 0. The first-order chi connectivity index (χ1) is 8.29. The van der Waals surface area contributed by atoms with Crippen molar-refractivity contribution in [3.63, 3.8) is 0 Å². The third-order valence-corrected chi connectivity index (χ3v) is 4.04. The molecule has 96 valence electrons. The maximum absolute atomic E-state index is 2.63. The average molecular weight is 236 g/mol. The van der Waals surface area contributed by atoms with Crippen LogP contribution in [0.3, 0.4) is 0 Å². The lowest BCUT2D eigenvalue weighted by atomic mass is 10.1. The third kappa shape index (κ3) is 2.81. The van der Waals surface area contributed by atoms with Crippen molar-refractivity contribution in [2.45, 2.75) is 6.92 Å². The molecular formula is C13H24N4. The van der Waals surface area contributed by atoms with Gasteiger partial charge in [-0.25, -0.2) is 0 Å². The Balaban J connectivity index is 1.69. The second-order valence-corrected chi connectivity index (χ2v) is 5.82. The van der Waals surface area contributed by atoms with Crippen molar-refractivity contribution in [3.05, 3.63) is 12.3 Å². The van der Waals surface area contributed by atoms with Crippen LogP contribution in [0, 0.1) is 5.92 Å². The minimum absolute atomic E-state index is 0.823. The van der Waals surface area contributed by atoms with Crippen LogP contribution in [0.15, 0.2) is 12.3 Å². The molecule has 2 saturated heterocycles. The van der Waals surface area contributed by atoms with Crippen LogP contribution < -0.4 is 0 Å². The standard InChI is InChI=1S/C13H24N4/c1-13-9-16-7-5-14-3-2-4-15(11-14)6-8-17(10-13)12-16/h2-3,13H,4-12H2,1H3. The van der Waals surface area contributed by atoms with Crippen LogP contribution in [0.1, 0.15) is 6.92 Å². The molecule has 0 saturated carbocycles. The first-order valence-electron chi connectivity index (χ1n) is 6.87. The lowest BCUT2D eigenvalue weighted by Gasteiger charge is -2.43. The van der Waals surface area contributed by atoms with E-state index in [2.05, 4.69) is 38.8 Å². The van der Waals surface area contributed by atoms with Crippen molar-refractivity contribution in [2.75, 3.05) is 59.2 Å². The Bertz CT molecular complexity index is 291. The minimum Gasteiger partial charge on any atom is -0.364 e. The molecule has 2 fully saturated rings. The van der Waals surface area contributed by atoms with E-state index in [1.807, 2.05) is 0 Å². The minimum atomic E-state index is 0.823. The van der Waals surface area contributed by atoms with Gasteiger partial charge in [0.2, 0.25) is 0 Å². The summed E-state index contributed by atoms with van der Waals surface area (Å²) < 4.78 is 0. The van der Waals surface area contributed by atoms with Crippen molar-refractivity contribution in [3.8, 4) is 0 Å². The van der Waals surface area contributed by atoms with Crippen LogP contribution in [0.5, 0.6) is 0 Å². The van der Waals surface area contributed by atoms with Gasteiger partial charge >= 0.3 is 0 Å². The Kier molecular flexibility index (Phi) is 3.36. The van der Waals surface area contributed by atoms with E-state index in [1.54, 1.807) is 0 Å². The van der Waals surface area contributed by atoms with Crippen molar-refractivity contribution in [1.29, 1.82) is 0 Å². The number of fused-ring (bicyclic) bond motifs is 4. The molecule has 4 bridgehead atoms. The summed E-state index contributed by atoms with van der Waals surface area (Å²) in [6.07, 6.45) is 4.58. The Morgan fingerprint density at radius 2 is 1.59 bits per heavy atom. The topological polar surface area (TPSA) is 13.0 Å². The van der Waals surface area contributed by atoms with E-state index in [-0.39, 0.29) is 0 Å². The van der Waals surface area contributed by atoms with Gasteiger partial charge in [-0.15, -0.1) is 0 Å². The Hall–Kier alpha value is -0.580. The first-order valence-corrected chi connectivity index (χ1v) is 6.87. The van der Waals surface area contributed by atoms with Crippen molar-refractivity contribution >= 4 is 0 Å². The first kappa shape index (κ1) is 11.5. The molecule has 4 heteroatoms. The van der Waals surface area contributed by atoms with Crippen LogP contribution in [0.2, 0.25) is 0 Å². The highest BCUT2D eigenvalue weighted by atomic mass is 15.4. The van der Waals surface area contributed by atoms with Gasteiger partial charge in [-0.05, 0) is 12.1 Å². The fourth-order valence-electron chi connectivity index (χ4n) is 3.23. The molecule has 0 aliphatic carbocycles. The maximum atomic E-state index is 2.63. The fraction of sp³-hybridized carbons (Fsp3) is 0.846. The summed E-state index contributed by atoms with van der Waals surface area (Å²) in [6, 6.07) is 0.